The Morgan fingerprint density at radius 2 is 1.65 bits per heavy atom. The van der Waals surface area contributed by atoms with E-state index in [0.29, 0.717) is 42.3 Å². The zero-order valence-electron chi connectivity index (χ0n) is 17.3. The number of benzene rings is 2. The monoisotopic (exact) mass is 450 g/mol. The van der Waals surface area contributed by atoms with E-state index in [1.165, 1.54) is 16.2 Å². The molecule has 1 aliphatic heterocycles. The van der Waals surface area contributed by atoms with Gasteiger partial charge < -0.3 is 4.90 Å². The predicted octanol–water partition coefficient (Wildman–Crippen LogP) is 5.25. The molecule has 0 N–H and O–H groups in total. The highest BCUT2D eigenvalue weighted by Crippen LogP contribution is 2.34. The zero-order chi connectivity index (χ0) is 21.8. The number of likely N-dealkylation sites (N-methyl/N-ethyl adjacent to an activating group) is 1. The lowest BCUT2D eigenvalue weighted by molar-refractivity contribution is -0.137. The summed E-state index contributed by atoms with van der Waals surface area (Å²) < 4.78 is 0. The number of hydrogen-bond acceptors (Lipinski definition) is 4. The second-order valence-corrected chi connectivity index (χ2v) is 8.72. The number of nitrogens with zero attached hydrogens (tertiary/aromatic N) is 2. The van der Waals surface area contributed by atoms with Crippen molar-refractivity contribution in [2.45, 2.75) is 19.9 Å². The van der Waals surface area contributed by atoms with Gasteiger partial charge in [-0.15, -0.1) is 11.3 Å². The fourth-order valence-corrected chi connectivity index (χ4v) is 4.64. The first-order valence-corrected chi connectivity index (χ1v) is 11.5. The molecule has 0 saturated carbocycles. The van der Waals surface area contributed by atoms with Crippen molar-refractivity contribution in [3.05, 3.63) is 98.8 Å². The molecular weight excluding hydrogens is 428 g/mol. The van der Waals surface area contributed by atoms with E-state index in [1.54, 1.807) is 0 Å². The molecule has 0 radical (unpaired) electrons. The highest BCUT2D eigenvalue weighted by atomic mass is 35.5. The summed E-state index contributed by atoms with van der Waals surface area (Å²) in [5, 5.41) is 2.60. The van der Waals surface area contributed by atoms with Crippen LogP contribution in [0.25, 0.3) is 5.57 Å². The lowest BCUT2D eigenvalue weighted by Gasteiger charge is -2.25. The van der Waals surface area contributed by atoms with Crippen molar-refractivity contribution in [2.24, 2.45) is 0 Å². The average molecular weight is 451 g/mol. The Hall–Kier alpha value is -2.89. The summed E-state index contributed by atoms with van der Waals surface area (Å²) in [6.45, 7) is 3.55. The minimum absolute atomic E-state index is 0.220. The summed E-state index contributed by atoms with van der Waals surface area (Å²) in [6, 6.07) is 21.3. The van der Waals surface area contributed by atoms with Crippen molar-refractivity contribution in [1.82, 2.24) is 9.80 Å². The summed E-state index contributed by atoms with van der Waals surface area (Å²) in [4.78, 5) is 31.1. The van der Waals surface area contributed by atoms with Gasteiger partial charge in [0.05, 0.1) is 5.57 Å². The van der Waals surface area contributed by atoms with Crippen molar-refractivity contribution >= 4 is 40.3 Å². The Kier molecular flexibility index (Phi) is 6.54. The van der Waals surface area contributed by atoms with Gasteiger partial charge in [-0.3, -0.25) is 14.5 Å². The highest BCUT2D eigenvalue weighted by Gasteiger charge is 2.41. The lowest BCUT2D eigenvalue weighted by atomic mass is 10.1. The predicted molar refractivity (Wildman–Crippen MR) is 126 cm³/mol. The Balaban J connectivity index is 1.63. The first-order chi connectivity index (χ1) is 15.1. The van der Waals surface area contributed by atoms with Crippen LogP contribution in [0.5, 0.6) is 0 Å². The molecule has 0 spiro atoms. The summed E-state index contributed by atoms with van der Waals surface area (Å²) in [7, 11) is 0. The zero-order valence-corrected chi connectivity index (χ0v) is 18.8. The first kappa shape index (κ1) is 21.3. The van der Waals surface area contributed by atoms with Crippen LogP contribution >= 0.6 is 22.9 Å². The second kappa shape index (κ2) is 9.50. The number of imide groups is 1. The smallest absolute Gasteiger partial charge is 0.277 e. The molecule has 4 nitrogen and oxygen atoms in total. The Morgan fingerprint density at radius 3 is 2.29 bits per heavy atom. The number of carbonyl (C=O) groups excluding carboxylic acids is 2. The number of amides is 2. The van der Waals surface area contributed by atoms with Crippen molar-refractivity contribution in [3.63, 3.8) is 0 Å². The van der Waals surface area contributed by atoms with E-state index in [1.807, 2.05) is 83.9 Å². The third-order valence-corrected chi connectivity index (χ3v) is 6.50. The largest absolute Gasteiger partial charge is 0.362 e. The van der Waals surface area contributed by atoms with Gasteiger partial charge in [0.1, 0.15) is 5.70 Å². The SMILES string of the molecule is CCN(Cc1ccccc1)C1=C(c2cccs2)C(=O)N(CCc2ccc(Cl)cc2)C1=O. The maximum Gasteiger partial charge on any atom is 0.277 e. The molecule has 0 bridgehead atoms. The summed E-state index contributed by atoms with van der Waals surface area (Å²) in [5.74, 6) is -0.442. The normalized spacial score (nSPS) is 13.9. The van der Waals surface area contributed by atoms with Crippen molar-refractivity contribution in [2.75, 3.05) is 13.1 Å². The van der Waals surface area contributed by atoms with Gasteiger partial charge in [0.25, 0.3) is 11.8 Å². The standard InChI is InChI=1S/C25H23ClN2O2S/c1-2-27(17-19-7-4-3-5-8-19)23-22(21-9-6-16-31-21)24(29)28(25(23)30)15-14-18-10-12-20(26)13-11-18/h3-13,16H,2,14-15,17H2,1H3. The molecule has 1 aliphatic rings. The minimum Gasteiger partial charge on any atom is -0.362 e. The Bertz CT molecular complexity index is 1090. The molecule has 2 aromatic carbocycles. The summed E-state index contributed by atoms with van der Waals surface area (Å²) in [5.41, 5.74) is 3.14. The van der Waals surface area contributed by atoms with Crippen LogP contribution in [0.4, 0.5) is 0 Å². The first-order valence-electron chi connectivity index (χ1n) is 10.3. The van der Waals surface area contributed by atoms with E-state index in [2.05, 4.69) is 0 Å². The number of thiophene rings is 1. The van der Waals surface area contributed by atoms with Crippen LogP contribution < -0.4 is 0 Å². The molecule has 0 saturated heterocycles. The van der Waals surface area contributed by atoms with Gasteiger partial charge in [0, 0.05) is 29.5 Å². The van der Waals surface area contributed by atoms with Crippen LogP contribution in [0.15, 0.2) is 77.8 Å². The van der Waals surface area contributed by atoms with E-state index in [4.69, 9.17) is 11.6 Å². The van der Waals surface area contributed by atoms with Crippen molar-refractivity contribution in [1.29, 1.82) is 0 Å². The molecule has 158 valence electrons. The third-order valence-electron chi connectivity index (χ3n) is 5.36. The molecule has 2 amide bonds. The molecule has 0 aliphatic carbocycles. The van der Waals surface area contributed by atoms with Gasteiger partial charge in [-0.1, -0.05) is 60.1 Å². The fraction of sp³-hybridized carbons (Fsp3) is 0.200. The van der Waals surface area contributed by atoms with Gasteiger partial charge in [-0.05, 0) is 48.1 Å². The quantitative estimate of drug-likeness (QED) is 0.440. The highest BCUT2D eigenvalue weighted by molar-refractivity contribution is 7.11. The molecule has 0 atom stereocenters. The van der Waals surface area contributed by atoms with Crippen molar-refractivity contribution < 1.29 is 9.59 Å². The number of halogens is 1. The molecule has 1 aromatic heterocycles. The van der Waals surface area contributed by atoms with Crippen LogP contribution in [0.1, 0.15) is 22.9 Å². The minimum atomic E-state index is -0.222. The van der Waals surface area contributed by atoms with Gasteiger partial charge >= 0.3 is 0 Å². The molecular formula is C25H23ClN2O2S. The van der Waals surface area contributed by atoms with E-state index in [0.717, 1.165) is 16.0 Å². The Morgan fingerprint density at radius 1 is 0.903 bits per heavy atom. The van der Waals surface area contributed by atoms with E-state index in [9.17, 15) is 9.59 Å². The number of hydrogen-bond donors (Lipinski definition) is 0. The van der Waals surface area contributed by atoms with Gasteiger partial charge in [-0.25, -0.2) is 0 Å². The molecule has 31 heavy (non-hydrogen) atoms. The van der Waals surface area contributed by atoms with Crippen molar-refractivity contribution in [3.8, 4) is 0 Å². The molecule has 4 rings (SSSR count). The molecule has 6 heteroatoms. The maximum atomic E-state index is 13.5. The maximum absolute atomic E-state index is 13.5. The second-order valence-electron chi connectivity index (χ2n) is 7.34. The summed E-state index contributed by atoms with van der Waals surface area (Å²) >= 11 is 7.45. The number of carbonyl (C=O) groups is 2. The average Bonchev–Trinajstić information content (AvgIpc) is 3.39. The number of rotatable bonds is 8. The van der Waals surface area contributed by atoms with E-state index in [-0.39, 0.29) is 11.8 Å². The topological polar surface area (TPSA) is 40.6 Å². The molecule has 0 unspecified atom stereocenters. The van der Waals surface area contributed by atoms with Crippen LogP contribution in [-0.4, -0.2) is 34.7 Å². The molecule has 2 heterocycles. The van der Waals surface area contributed by atoms with E-state index >= 15 is 0 Å². The molecule has 3 aromatic rings. The lowest BCUT2D eigenvalue weighted by Crippen LogP contribution is -2.36. The summed E-state index contributed by atoms with van der Waals surface area (Å²) in [6.07, 6.45) is 0.588. The Labute approximate surface area is 191 Å². The van der Waals surface area contributed by atoms with Crippen LogP contribution in [-0.2, 0) is 22.6 Å². The van der Waals surface area contributed by atoms with Crippen LogP contribution in [0.3, 0.4) is 0 Å². The third kappa shape index (κ3) is 4.58. The van der Waals surface area contributed by atoms with Crippen LogP contribution in [0, 0.1) is 0 Å². The van der Waals surface area contributed by atoms with Gasteiger partial charge in [0.15, 0.2) is 0 Å². The van der Waals surface area contributed by atoms with Gasteiger partial charge in [-0.2, -0.15) is 0 Å². The fourth-order valence-electron chi connectivity index (χ4n) is 3.75. The molecule has 0 fully saturated rings. The van der Waals surface area contributed by atoms with Crippen LogP contribution in [0.2, 0.25) is 5.02 Å². The van der Waals surface area contributed by atoms with Gasteiger partial charge in [0.2, 0.25) is 0 Å². The van der Waals surface area contributed by atoms with E-state index < -0.39 is 0 Å².